The topological polar surface area (TPSA) is 50.8 Å². The van der Waals surface area contributed by atoms with Crippen molar-refractivity contribution in [3.8, 4) is 0 Å². The molecule has 2 atom stereocenters. The molecule has 0 aliphatic carbocycles. The fraction of sp³-hybridized carbons (Fsp3) is 0.923. The maximum absolute atomic E-state index is 11.6. The lowest BCUT2D eigenvalue weighted by Gasteiger charge is -2.29. The lowest BCUT2D eigenvalue weighted by atomic mass is 10.0. The zero-order valence-electron chi connectivity index (χ0n) is 11.8. The molecule has 1 saturated heterocycles. The number of hydrogen-bond acceptors (Lipinski definition) is 5. The molecule has 106 valence electrons. The lowest BCUT2D eigenvalue weighted by Crippen LogP contribution is -2.47. The molecule has 0 aromatic carbocycles. The van der Waals surface area contributed by atoms with E-state index in [1.54, 1.807) is 0 Å². The number of methoxy groups -OCH3 is 1. The Kier molecular flexibility index (Phi) is 7.23. The maximum Gasteiger partial charge on any atom is 0.324 e. The smallest absolute Gasteiger partial charge is 0.324 e. The van der Waals surface area contributed by atoms with Gasteiger partial charge in [0.25, 0.3) is 0 Å². The van der Waals surface area contributed by atoms with Crippen molar-refractivity contribution >= 4 is 5.97 Å². The summed E-state index contributed by atoms with van der Waals surface area (Å²) in [5, 5.41) is 3.15. The number of nitrogens with one attached hydrogen (secondary N) is 1. The molecule has 5 nitrogen and oxygen atoms in total. The van der Waals surface area contributed by atoms with Crippen LogP contribution < -0.4 is 5.32 Å². The van der Waals surface area contributed by atoms with Crippen molar-refractivity contribution in [1.82, 2.24) is 10.2 Å². The zero-order chi connectivity index (χ0) is 13.4. The van der Waals surface area contributed by atoms with Crippen LogP contribution in [-0.4, -0.2) is 63.9 Å². The molecule has 1 fully saturated rings. The minimum absolute atomic E-state index is 0.191. The van der Waals surface area contributed by atoms with Gasteiger partial charge in [-0.3, -0.25) is 4.79 Å². The third-order valence-electron chi connectivity index (χ3n) is 3.25. The SMILES string of the molecule is CCNC(CN(C)CC1CCCOC1)C(=O)OC. The summed E-state index contributed by atoms with van der Waals surface area (Å²) in [5.41, 5.74) is 0. The van der Waals surface area contributed by atoms with E-state index in [-0.39, 0.29) is 12.0 Å². The van der Waals surface area contributed by atoms with Crippen LogP contribution in [0.25, 0.3) is 0 Å². The summed E-state index contributed by atoms with van der Waals surface area (Å²) in [7, 11) is 3.48. The summed E-state index contributed by atoms with van der Waals surface area (Å²) in [6.07, 6.45) is 2.36. The van der Waals surface area contributed by atoms with Crippen LogP contribution in [-0.2, 0) is 14.3 Å². The monoisotopic (exact) mass is 258 g/mol. The maximum atomic E-state index is 11.6. The van der Waals surface area contributed by atoms with Crippen LogP contribution in [0.1, 0.15) is 19.8 Å². The first kappa shape index (κ1) is 15.4. The fourth-order valence-electron chi connectivity index (χ4n) is 2.39. The molecule has 1 N–H and O–H groups in total. The van der Waals surface area contributed by atoms with Crippen molar-refractivity contribution in [3.05, 3.63) is 0 Å². The van der Waals surface area contributed by atoms with Crippen LogP contribution in [0.15, 0.2) is 0 Å². The van der Waals surface area contributed by atoms with Gasteiger partial charge in [-0.2, -0.15) is 0 Å². The van der Waals surface area contributed by atoms with Gasteiger partial charge in [0.2, 0.25) is 0 Å². The van der Waals surface area contributed by atoms with Crippen LogP contribution in [0, 0.1) is 5.92 Å². The van der Waals surface area contributed by atoms with E-state index < -0.39 is 0 Å². The molecule has 5 heteroatoms. The minimum Gasteiger partial charge on any atom is -0.468 e. The molecule has 2 unspecified atom stereocenters. The standard InChI is InChI=1S/C13H26N2O3/c1-4-14-12(13(16)17-3)9-15(2)8-11-6-5-7-18-10-11/h11-12,14H,4-10H2,1-3H3. The second-order valence-corrected chi connectivity index (χ2v) is 4.94. The molecule has 1 heterocycles. The molecular formula is C13H26N2O3. The normalized spacial score (nSPS) is 21.9. The van der Waals surface area contributed by atoms with E-state index in [9.17, 15) is 4.79 Å². The van der Waals surface area contributed by atoms with Gasteiger partial charge in [0, 0.05) is 19.7 Å². The van der Waals surface area contributed by atoms with E-state index in [4.69, 9.17) is 9.47 Å². The Morgan fingerprint density at radius 2 is 2.39 bits per heavy atom. The van der Waals surface area contributed by atoms with Gasteiger partial charge in [-0.1, -0.05) is 6.92 Å². The highest BCUT2D eigenvalue weighted by Gasteiger charge is 2.22. The van der Waals surface area contributed by atoms with Crippen molar-refractivity contribution in [2.45, 2.75) is 25.8 Å². The van der Waals surface area contributed by atoms with E-state index in [1.165, 1.54) is 13.5 Å². The Bertz CT molecular complexity index is 242. The number of rotatable bonds is 7. The predicted molar refractivity (Wildman–Crippen MR) is 70.5 cm³/mol. The van der Waals surface area contributed by atoms with Gasteiger partial charge in [-0.25, -0.2) is 0 Å². The van der Waals surface area contributed by atoms with E-state index in [0.29, 0.717) is 12.5 Å². The van der Waals surface area contributed by atoms with Gasteiger partial charge in [0.1, 0.15) is 6.04 Å². The van der Waals surface area contributed by atoms with Crippen LogP contribution in [0.2, 0.25) is 0 Å². The highest BCUT2D eigenvalue weighted by Crippen LogP contribution is 2.14. The van der Waals surface area contributed by atoms with Gasteiger partial charge in [-0.05, 0) is 32.4 Å². The van der Waals surface area contributed by atoms with Crippen LogP contribution in [0.3, 0.4) is 0 Å². The average molecular weight is 258 g/mol. The molecule has 1 rings (SSSR count). The average Bonchev–Trinajstić information content (AvgIpc) is 2.38. The summed E-state index contributed by atoms with van der Waals surface area (Å²) >= 11 is 0. The Hall–Kier alpha value is -0.650. The number of carbonyl (C=O) groups excluding carboxylic acids is 1. The zero-order valence-corrected chi connectivity index (χ0v) is 11.8. The largest absolute Gasteiger partial charge is 0.468 e. The molecule has 0 aromatic heterocycles. The van der Waals surface area contributed by atoms with Crippen molar-refractivity contribution in [1.29, 1.82) is 0 Å². The van der Waals surface area contributed by atoms with Gasteiger partial charge in [0.15, 0.2) is 0 Å². The second kappa shape index (κ2) is 8.45. The first-order valence-corrected chi connectivity index (χ1v) is 6.74. The highest BCUT2D eigenvalue weighted by molar-refractivity contribution is 5.75. The Morgan fingerprint density at radius 1 is 1.61 bits per heavy atom. The number of hydrogen-bond donors (Lipinski definition) is 1. The molecule has 0 radical (unpaired) electrons. The van der Waals surface area contributed by atoms with E-state index in [2.05, 4.69) is 10.2 Å². The second-order valence-electron chi connectivity index (χ2n) is 4.94. The Balaban J connectivity index is 2.34. The van der Waals surface area contributed by atoms with Gasteiger partial charge >= 0.3 is 5.97 Å². The van der Waals surface area contributed by atoms with E-state index in [0.717, 1.165) is 32.7 Å². The van der Waals surface area contributed by atoms with Crippen LogP contribution in [0.4, 0.5) is 0 Å². The van der Waals surface area contributed by atoms with Crippen LogP contribution >= 0.6 is 0 Å². The van der Waals surface area contributed by atoms with E-state index >= 15 is 0 Å². The molecule has 1 aliphatic heterocycles. The minimum atomic E-state index is -0.241. The number of esters is 1. The molecule has 0 bridgehead atoms. The van der Waals surface area contributed by atoms with Gasteiger partial charge < -0.3 is 19.7 Å². The number of nitrogens with zero attached hydrogens (tertiary/aromatic N) is 1. The van der Waals surface area contributed by atoms with Crippen molar-refractivity contribution in [2.24, 2.45) is 5.92 Å². The first-order chi connectivity index (χ1) is 8.67. The summed E-state index contributed by atoms with van der Waals surface area (Å²) < 4.78 is 10.3. The molecule has 1 aliphatic rings. The van der Waals surface area contributed by atoms with Crippen LogP contribution in [0.5, 0.6) is 0 Å². The number of carbonyl (C=O) groups is 1. The first-order valence-electron chi connectivity index (χ1n) is 6.74. The number of likely N-dealkylation sites (N-methyl/N-ethyl adjacent to an activating group) is 2. The van der Waals surface area contributed by atoms with Gasteiger partial charge in [0.05, 0.1) is 13.7 Å². The van der Waals surface area contributed by atoms with Crippen molar-refractivity contribution in [2.75, 3.05) is 47.0 Å². The Morgan fingerprint density at radius 3 is 2.94 bits per heavy atom. The Labute approximate surface area is 110 Å². The predicted octanol–water partition coefficient (Wildman–Crippen LogP) is 0.496. The molecule has 0 spiro atoms. The summed E-state index contributed by atoms with van der Waals surface area (Å²) in [4.78, 5) is 13.8. The quantitative estimate of drug-likeness (QED) is 0.674. The van der Waals surface area contributed by atoms with Crippen molar-refractivity contribution < 1.29 is 14.3 Å². The third-order valence-corrected chi connectivity index (χ3v) is 3.25. The van der Waals surface area contributed by atoms with Crippen molar-refractivity contribution in [3.63, 3.8) is 0 Å². The number of ether oxygens (including phenoxy) is 2. The summed E-state index contributed by atoms with van der Waals surface area (Å²) in [6, 6.07) is -0.241. The molecule has 0 amide bonds. The summed E-state index contributed by atoms with van der Waals surface area (Å²) in [5.74, 6) is 0.396. The summed E-state index contributed by atoms with van der Waals surface area (Å²) in [6.45, 7) is 6.14. The molecular weight excluding hydrogens is 232 g/mol. The highest BCUT2D eigenvalue weighted by atomic mass is 16.5. The molecule has 18 heavy (non-hydrogen) atoms. The fourth-order valence-corrected chi connectivity index (χ4v) is 2.39. The molecule has 0 aromatic rings. The lowest BCUT2D eigenvalue weighted by molar-refractivity contribution is -0.143. The molecule has 0 saturated carbocycles. The van der Waals surface area contributed by atoms with Gasteiger partial charge in [-0.15, -0.1) is 0 Å². The van der Waals surface area contributed by atoms with E-state index in [1.807, 2.05) is 14.0 Å². The third kappa shape index (κ3) is 5.33.